The molecule has 4 atom stereocenters. The van der Waals surface area contributed by atoms with Gasteiger partial charge in [-0.2, -0.15) is 0 Å². The highest BCUT2D eigenvalue weighted by Gasteiger charge is 2.32. The molecule has 0 saturated heterocycles. The third-order valence-electron chi connectivity index (χ3n) is 5.41. The molecule has 0 saturated carbocycles. The Balaban J connectivity index is 2.33. The van der Waals surface area contributed by atoms with Gasteiger partial charge in [0.15, 0.2) is 0 Å². The van der Waals surface area contributed by atoms with Crippen LogP contribution in [0.25, 0.3) is 10.9 Å². The van der Waals surface area contributed by atoms with Crippen LogP contribution in [-0.2, 0) is 30.4 Å². The number of fused-ring (bicyclic) bond motifs is 1. The molecule has 2 aromatic rings. The summed E-state index contributed by atoms with van der Waals surface area (Å²) in [5.74, 6) is -4.69. The fourth-order valence-corrected chi connectivity index (χ4v) is 3.48. The minimum Gasteiger partial charge on any atom is -0.480 e. The van der Waals surface area contributed by atoms with E-state index in [4.69, 9.17) is 11.5 Å². The van der Waals surface area contributed by atoms with Crippen LogP contribution in [-0.4, -0.2) is 63.9 Å². The maximum Gasteiger partial charge on any atom is 0.326 e. The fraction of sp³-hybridized carbons (Fsp3) is 0.435. The van der Waals surface area contributed by atoms with E-state index in [-0.39, 0.29) is 12.3 Å². The molecule has 0 radical (unpaired) electrons. The predicted molar refractivity (Wildman–Crippen MR) is 128 cm³/mol. The number of carbonyl (C=O) groups excluding carboxylic acids is 4. The maximum atomic E-state index is 13.1. The number of benzene rings is 1. The Morgan fingerprint density at radius 3 is 2.14 bits per heavy atom. The number of carbonyl (C=O) groups is 5. The standard InChI is InChI=1S/C23H32N6O6/c1-11(2)19(29-20(31)12(3)24)22(33)27-16(21(32)28-17(23(34)35)9-18(25)30)8-13-10-26-15-7-5-4-6-14(13)15/h4-7,10-12,16-17,19,26H,8-9,24H2,1-3H3,(H2,25,30)(H,27,33)(H,28,32)(H,29,31)(H,34,35). The number of hydrogen-bond acceptors (Lipinski definition) is 6. The molecule has 190 valence electrons. The van der Waals surface area contributed by atoms with Gasteiger partial charge in [-0.3, -0.25) is 19.2 Å². The van der Waals surface area contributed by atoms with Gasteiger partial charge >= 0.3 is 5.97 Å². The van der Waals surface area contributed by atoms with Crippen LogP contribution >= 0.6 is 0 Å². The van der Waals surface area contributed by atoms with E-state index in [9.17, 15) is 29.1 Å². The van der Waals surface area contributed by atoms with E-state index in [1.54, 1.807) is 20.0 Å². The number of carboxylic acid groups (broad SMARTS) is 1. The summed E-state index contributed by atoms with van der Waals surface area (Å²) < 4.78 is 0. The molecule has 1 aromatic carbocycles. The minimum absolute atomic E-state index is 0.0105. The van der Waals surface area contributed by atoms with Crippen molar-refractivity contribution < 1.29 is 29.1 Å². The van der Waals surface area contributed by atoms with Crippen molar-refractivity contribution in [1.82, 2.24) is 20.9 Å². The Kier molecular flexibility index (Phi) is 9.34. The van der Waals surface area contributed by atoms with Crippen LogP contribution in [0.15, 0.2) is 30.5 Å². The van der Waals surface area contributed by atoms with E-state index in [1.165, 1.54) is 6.92 Å². The zero-order valence-corrected chi connectivity index (χ0v) is 19.8. The summed E-state index contributed by atoms with van der Waals surface area (Å²) >= 11 is 0. The number of nitrogens with two attached hydrogens (primary N) is 2. The van der Waals surface area contributed by atoms with E-state index in [0.717, 1.165) is 10.9 Å². The van der Waals surface area contributed by atoms with Crippen LogP contribution in [0.4, 0.5) is 0 Å². The Morgan fingerprint density at radius 2 is 1.57 bits per heavy atom. The lowest BCUT2D eigenvalue weighted by Crippen LogP contribution is -2.58. The van der Waals surface area contributed by atoms with E-state index < -0.39 is 60.2 Å². The summed E-state index contributed by atoms with van der Waals surface area (Å²) in [6.07, 6.45) is 1.08. The molecule has 0 bridgehead atoms. The van der Waals surface area contributed by atoms with Gasteiger partial charge in [0.05, 0.1) is 12.5 Å². The van der Waals surface area contributed by atoms with Crippen molar-refractivity contribution in [3.05, 3.63) is 36.0 Å². The first-order chi connectivity index (χ1) is 16.4. The first kappa shape index (κ1) is 27.3. The van der Waals surface area contributed by atoms with E-state index in [1.807, 2.05) is 24.3 Å². The summed E-state index contributed by atoms with van der Waals surface area (Å²) in [5.41, 5.74) is 12.2. The molecule has 4 unspecified atom stereocenters. The van der Waals surface area contributed by atoms with E-state index in [0.29, 0.717) is 5.56 Å². The zero-order valence-electron chi connectivity index (χ0n) is 19.8. The molecule has 0 aliphatic carbocycles. The van der Waals surface area contributed by atoms with E-state index >= 15 is 0 Å². The number of aromatic amines is 1. The van der Waals surface area contributed by atoms with Gasteiger partial charge in [0, 0.05) is 23.5 Å². The molecule has 4 amide bonds. The van der Waals surface area contributed by atoms with Crippen LogP contribution in [0.5, 0.6) is 0 Å². The Labute approximate surface area is 202 Å². The van der Waals surface area contributed by atoms with Gasteiger partial charge in [-0.1, -0.05) is 32.0 Å². The highest BCUT2D eigenvalue weighted by atomic mass is 16.4. The van der Waals surface area contributed by atoms with Crippen molar-refractivity contribution in [2.24, 2.45) is 17.4 Å². The molecule has 1 heterocycles. The lowest BCUT2D eigenvalue weighted by molar-refractivity contribution is -0.143. The Hall–Kier alpha value is -3.93. The minimum atomic E-state index is -1.57. The van der Waals surface area contributed by atoms with Gasteiger partial charge in [0.1, 0.15) is 18.1 Å². The summed E-state index contributed by atoms with van der Waals surface area (Å²) in [6, 6.07) is 2.71. The molecule has 9 N–H and O–H groups in total. The summed E-state index contributed by atoms with van der Waals surface area (Å²) in [6.45, 7) is 4.91. The van der Waals surface area contributed by atoms with Crippen LogP contribution in [0.3, 0.4) is 0 Å². The molecule has 12 heteroatoms. The molecule has 0 aliphatic rings. The largest absolute Gasteiger partial charge is 0.480 e. The molecule has 0 spiro atoms. The second kappa shape index (κ2) is 12.0. The first-order valence-electron chi connectivity index (χ1n) is 11.1. The second-order valence-electron chi connectivity index (χ2n) is 8.71. The van der Waals surface area contributed by atoms with Gasteiger partial charge in [0.25, 0.3) is 0 Å². The van der Waals surface area contributed by atoms with Crippen LogP contribution in [0.1, 0.15) is 32.8 Å². The Bertz CT molecular complexity index is 1100. The molecule has 0 fully saturated rings. The molecule has 12 nitrogen and oxygen atoms in total. The third kappa shape index (κ3) is 7.54. The number of primary amides is 1. The third-order valence-corrected chi connectivity index (χ3v) is 5.41. The SMILES string of the molecule is CC(N)C(=O)NC(C(=O)NC(Cc1c[nH]c2ccccc12)C(=O)NC(CC(N)=O)C(=O)O)C(C)C. The molecule has 35 heavy (non-hydrogen) atoms. The average Bonchev–Trinajstić information content (AvgIpc) is 3.18. The smallest absolute Gasteiger partial charge is 0.326 e. The number of aromatic nitrogens is 1. The van der Waals surface area contributed by atoms with Crippen LogP contribution in [0.2, 0.25) is 0 Å². The highest BCUT2D eigenvalue weighted by molar-refractivity contribution is 5.95. The number of nitrogens with one attached hydrogen (secondary N) is 4. The van der Waals surface area contributed by atoms with Crippen molar-refractivity contribution in [3.63, 3.8) is 0 Å². The van der Waals surface area contributed by atoms with Crippen molar-refractivity contribution in [3.8, 4) is 0 Å². The van der Waals surface area contributed by atoms with Crippen molar-refractivity contribution in [1.29, 1.82) is 0 Å². The van der Waals surface area contributed by atoms with Crippen molar-refractivity contribution in [2.45, 2.75) is 57.8 Å². The zero-order chi connectivity index (χ0) is 26.3. The molecule has 1 aromatic heterocycles. The lowest BCUT2D eigenvalue weighted by Gasteiger charge is -2.26. The summed E-state index contributed by atoms with van der Waals surface area (Å²) in [5, 5.41) is 17.6. The van der Waals surface area contributed by atoms with Gasteiger partial charge in [-0.25, -0.2) is 4.79 Å². The van der Waals surface area contributed by atoms with Crippen LogP contribution in [0, 0.1) is 5.92 Å². The topological polar surface area (TPSA) is 209 Å². The lowest BCUT2D eigenvalue weighted by atomic mass is 10.00. The maximum absolute atomic E-state index is 13.1. The second-order valence-corrected chi connectivity index (χ2v) is 8.71. The fourth-order valence-electron chi connectivity index (χ4n) is 3.48. The van der Waals surface area contributed by atoms with Gasteiger partial charge < -0.3 is 37.5 Å². The van der Waals surface area contributed by atoms with Crippen molar-refractivity contribution >= 4 is 40.5 Å². The normalized spacial score (nSPS) is 14.5. The number of rotatable bonds is 12. The quantitative estimate of drug-likeness (QED) is 0.200. The number of para-hydroxylation sites is 1. The number of amides is 4. The Morgan fingerprint density at radius 1 is 0.943 bits per heavy atom. The molecule has 2 rings (SSSR count). The number of hydrogen-bond donors (Lipinski definition) is 7. The molecule has 0 aliphatic heterocycles. The van der Waals surface area contributed by atoms with Gasteiger partial charge in [0.2, 0.25) is 23.6 Å². The summed E-state index contributed by atoms with van der Waals surface area (Å²) in [4.78, 5) is 64.1. The monoisotopic (exact) mass is 488 g/mol. The summed E-state index contributed by atoms with van der Waals surface area (Å²) in [7, 11) is 0. The van der Waals surface area contributed by atoms with Gasteiger partial charge in [-0.15, -0.1) is 0 Å². The number of aliphatic carboxylic acids is 1. The number of H-pyrrole nitrogens is 1. The van der Waals surface area contributed by atoms with Crippen LogP contribution < -0.4 is 27.4 Å². The van der Waals surface area contributed by atoms with Crippen molar-refractivity contribution in [2.75, 3.05) is 0 Å². The first-order valence-corrected chi connectivity index (χ1v) is 11.1. The average molecular weight is 489 g/mol. The predicted octanol–water partition coefficient (Wildman–Crippen LogP) is -0.872. The molecular formula is C23H32N6O6. The van der Waals surface area contributed by atoms with Gasteiger partial charge in [-0.05, 0) is 24.5 Å². The molecular weight excluding hydrogens is 456 g/mol. The number of carboxylic acids is 1. The highest BCUT2D eigenvalue weighted by Crippen LogP contribution is 2.19. The van der Waals surface area contributed by atoms with E-state index in [2.05, 4.69) is 20.9 Å².